The first-order valence-corrected chi connectivity index (χ1v) is 7.43. The highest BCUT2D eigenvalue weighted by molar-refractivity contribution is 7.99. The maximum atomic E-state index is 3.97. The summed E-state index contributed by atoms with van der Waals surface area (Å²) in [6.45, 7) is 0. The first kappa shape index (κ1) is 9.53. The minimum atomic E-state index is 0.863. The normalized spacial score (nSPS) is 29.8. The van der Waals surface area contributed by atoms with E-state index < -0.39 is 0 Å². The third-order valence-electron chi connectivity index (χ3n) is 3.91. The average Bonchev–Trinajstić information content (AvgIpc) is 3.08. The van der Waals surface area contributed by atoms with E-state index in [-0.39, 0.29) is 0 Å². The van der Waals surface area contributed by atoms with Gasteiger partial charge in [-0.15, -0.1) is 0 Å². The molecule has 3 aliphatic rings. The van der Waals surface area contributed by atoms with Gasteiger partial charge in [0.05, 0.1) is 0 Å². The quantitative estimate of drug-likeness (QED) is 0.767. The average molecular weight is 211 g/mol. The van der Waals surface area contributed by atoms with Crippen molar-refractivity contribution < 1.29 is 0 Å². The van der Waals surface area contributed by atoms with Crippen molar-refractivity contribution in [3.63, 3.8) is 0 Å². The van der Waals surface area contributed by atoms with Crippen LogP contribution in [-0.2, 0) is 0 Å². The van der Waals surface area contributed by atoms with Gasteiger partial charge in [-0.1, -0.05) is 0 Å². The first-order chi connectivity index (χ1) is 6.93. The lowest BCUT2D eigenvalue weighted by Gasteiger charge is -2.28. The number of hydrogen-bond acceptors (Lipinski definition) is 2. The minimum Gasteiger partial charge on any atom is -0.311 e. The van der Waals surface area contributed by atoms with Crippen LogP contribution in [0.2, 0.25) is 0 Å². The zero-order chi connectivity index (χ0) is 9.38. The monoisotopic (exact) mass is 211 g/mol. The standard InChI is InChI=1S/C12H21NS/c1-2-9(1)12(10-3-4-10)13-11-5-7-14-8-6-11/h9-13H,1-8H2. The SMILES string of the molecule is C1CC(NC(C2CC2)C2CC2)CCS1. The minimum absolute atomic E-state index is 0.863. The Balaban J connectivity index is 1.52. The van der Waals surface area contributed by atoms with E-state index in [4.69, 9.17) is 0 Å². The third-order valence-corrected chi connectivity index (χ3v) is 4.96. The second kappa shape index (κ2) is 4.05. The lowest BCUT2D eigenvalue weighted by Crippen LogP contribution is -2.42. The first-order valence-electron chi connectivity index (χ1n) is 6.27. The Hall–Kier alpha value is 0.310. The second-order valence-corrected chi connectivity index (χ2v) is 6.48. The van der Waals surface area contributed by atoms with E-state index >= 15 is 0 Å². The number of nitrogens with one attached hydrogen (secondary N) is 1. The van der Waals surface area contributed by atoms with Crippen molar-refractivity contribution >= 4 is 11.8 Å². The fourth-order valence-electron chi connectivity index (χ4n) is 2.70. The molecule has 1 aliphatic heterocycles. The molecule has 0 unspecified atom stereocenters. The third kappa shape index (κ3) is 2.27. The zero-order valence-corrected chi connectivity index (χ0v) is 9.69. The number of thioether (sulfide) groups is 1. The molecule has 14 heavy (non-hydrogen) atoms. The maximum Gasteiger partial charge on any atom is 0.0126 e. The molecule has 0 aromatic rings. The molecule has 1 saturated heterocycles. The van der Waals surface area contributed by atoms with Crippen LogP contribution >= 0.6 is 11.8 Å². The van der Waals surface area contributed by atoms with Crippen molar-refractivity contribution in [2.75, 3.05) is 11.5 Å². The van der Waals surface area contributed by atoms with Gasteiger partial charge < -0.3 is 5.32 Å². The van der Waals surface area contributed by atoms with Crippen molar-refractivity contribution in [2.24, 2.45) is 11.8 Å². The Morgan fingerprint density at radius 1 is 0.857 bits per heavy atom. The lowest BCUT2D eigenvalue weighted by atomic mass is 10.0. The van der Waals surface area contributed by atoms with Crippen LogP contribution in [0.1, 0.15) is 38.5 Å². The molecule has 3 rings (SSSR count). The molecule has 0 aromatic carbocycles. The predicted octanol–water partition coefficient (Wildman–Crippen LogP) is 2.66. The van der Waals surface area contributed by atoms with Crippen molar-refractivity contribution in [1.29, 1.82) is 0 Å². The summed E-state index contributed by atoms with van der Waals surface area (Å²) in [6, 6.07) is 1.78. The summed E-state index contributed by atoms with van der Waals surface area (Å²) in [6.07, 6.45) is 8.87. The zero-order valence-electron chi connectivity index (χ0n) is 8.87. The van der Waals surface area contributed by atoms with E-state index in [1.54, 1.807) is 0 Å². The van der Waals surface area contributed by atoms with Gasteiger partial charge in [-0.05, 0) is 61.9 Å². The van der Waals surface area contributed by atoms with Gasteiger partial charge in [0.25, 0.3) is 0 Å². The van der Waals surface area contributed by atoms with E-state index in [1.165, 1.54) is 50.0 Å². The molecule has 0 atom stereocenters. The van der Waals surface area contributed by atoms with Gasteiger partial charge in [0, 0.05) is 12.1 Å². The molecule has 0 amide bonds. The molecule has 0 radical (unpaired) electrons. The van der Waals surface area contributed by atoms with Crippen molar-refractivity contribution in [3.8, 4) is 0 Å². The Kier molecular flexibility index (Phi) is 2.76. The van der Waals surface area contributed by atoms with Gasteiger partial charge in [0.2, 0.25) is 0 Å². The van der Waals surface area contributed by atoms with Crippen LogP contribution in [0.15, 0.2) is 0 Å². The van der Waals surface area contributed by atoms with E-state index in [0.29, 0.717) is 0 Å². The topological polar surface area (TPSA) is 12.0 Å². The molecule has 80 valence electrons. The van der Waals surface area contributed by atoms with Crippen LogP contribution < -0.4 is 5.32 Å². The summed E-state index contributed by atoms with van der Waals surface area (Å²) in [4.78, 5) is 0. The predicted molar refractivity (Wildman–Crippen MR) is 62.7 cm³/mol. The van der Waals surface area contributed by atoms with E-state index in [0.717, 1.165) is 23.9 Å². The molecule has 2 heteroatoms. The molecule has 1 nitrogen and oxygen atoms in total. The lowest BCUT2D eigenvalue weighted by molar-refractivity contribution is 0.348. The summed E-state index contributed by atoms with van der Waals surface area (Å²) >= 11 is 2.13. The Labute approximate surface area is 91.4 Å². The highest BCUT2D eigenvalue weighted by Gasteiger charge is 2.42. The van der Waals surface area contributed by atoms with E-state index in [1.807, 2.05) is 0 Å². The van der Waals surface area contributed by atoms with Crippen LogP contribution in [0.4, 0.5) is 0 Å². The van der Waals surface area contributed by atoms with Crippen LogP contribution in [-0.4, -0.2) is 23.6 Å². The van der Waals surface area contributed by atoms with Gasteiger partial charge in [-0.25, -0.2) is 0 Å². The summed E-state index contributed by atoms with van der Waals surface area (Å²) in [5.41, 5.74) is 0. The highest BCUT2D eigenvalue weighted by Crippen LogP contribution is 2.45. The van der Waals surface area contributed by atoms with Gasteiger partial charge >= 0.3 is 0 Å². The molecule has 0 aromatic heterocycles. The smallest absolute Gasteiger partial charge is 0.0126 e. The Morgan fingerprint density at radius 3 is 1.93 bits per heavy atom. The van der Waals surface area contributed by atoms with Gasteiger partial charge in [-0.3, -0.25) is 0 Å². The number of hydrogen-bond donors (Lipinski definition) is 1. The molecule has 1 N–H and O–H groups in total. The van der Waals surface area contributed by atoms with Crippen LogP contribution in [0, 0.1) is 11.8 Å². The summed E-state index contributed by atoms with van der Waals surface area (Å²) in [7, 11) is 0. The molecule has 1 heterocycles. The van der Waals surface area contributed by atoms with Gasteiger partial charge in [0.1, 0.15) is 0 Å². The fourth-order valence-corrected chi connectivity index (χ4v) is 3.81. The fraction of sp³-hybridized carbons (Fsp3) is 1.00. The van der Waals surface area contributed by atoms with E-state index in [9.17, 15) is 0 Å². The summed E-state index contributed by atoms with van der Waals surface area (Å²) < 4.78 is 0. The van der Waals surface area contributed by atoms with Gasteiger partial charge in [0.15, 0.2) is 0 Å². The largest absolute Gasteiger partial charge is 0.311 e. The summed E-state index contributed by atoms with van der Waals surface area (Å²) in [5, 5.41) is 3.97. The molecular formula is C12H21NS. The maximum absolute atomic E-state index is 3.97. The molecule has 0 bridgehead atoms. The van der Waals surface area contributed by atoms with E-state index in [2.05, 4.69) is 17.1 Å². The van der Waals surface area contributed by atoms with Crippen molar-refractivity contribution in [3.05, 3.63) is 0 Å². The van der Waals surface area contributed by atoms with Crippen LogP contribution in [0.3, 0.4) is 0 Å². The van der Waals surface area contributed by atoms with Crippen molar-refractivity contribution in [1.82, 2.24) is 5.32 Å². The Morgan fingerprint density at radius 2 is 1.43 bits per heavy atom. The second-order valence-electron chi connectivity index (χ2n) is 5.25. The molecular weight excluding hydrogens is 190 g/mol. The van der Waals surface area contributed by atoms with Crippen LogP contribution in [0.25, 0.3) is 0 Å². The number of rotatable bonds is 4. The molecule has 0 spiro atoms. The van der Waals surface area contributed by atoms with Crippen molar-refractivity contribution in [2.45, 2.75) is 50.6 Å². The molecule has 2 aliphatic carbocycles. The van der Waals surface area contributed by atoms with Gasteiger partial charge in [-0.2, -0.15) is 11.8 Å². The summed E-state index contributed by atoms with van der Waals surface area (Å²) in [5.74, 6) is 4.91. The van der Waals surface area contributed by atoms with Crippen LogP contribution in [0.5, 0.6) is 0 Å². The molecule has 3 fully saturated rings. The molecule has 2 saturated carbocycles. The highest BCUT2D eigenvalue weighted by atomic mass is 32.2. The Bertz CT molecular complexity index is 180.